The van der Waals surface area contributed by atoms with Gasteiger partial charge in [-0.25, -0.2) is 4.98 Å². The largest absolute Gasteiger partial charge is 0.416 e. The number of anilines is 1. The van der Waals surface area contributed by atoms with Crippen LogP contribution in [0.3, 0.4) is 0 Å². The van der Waals surface area contributed by atoms with Gasteiger partial charge in [-0.1, -0.05) is 23.8 Å². The van der Waals surface area contributed by atoms with Crippen molar-refractivity contribution in [3.8, 4) is 0 Å². The van der Waals surface area contributed by atoms with Gasteiger partial charge in [-0.2, -0.15) is 13.2 Å². The van der Waals surface area contributed by atoms with Crippen molar-refractivity contribution >= 4 is 17.4 Å². The quantitative estimate of drug-likeness (QED) is 0.653. The highest BCUT2D eigenvalue weighted by Gasteiger charge is 2.31. The van der Waals surface area contributed by atoms with Crippen molar-refractivity contribution < 1.29 is 13.2 Å². The minimum absolute atomic E-state index is 0.0859. The smallest absolute Gasteiger partial charge is 0.366 e. The molecule has 1 aromatic heterocycles. The fourth-order valence-corrected chi connectivity index (χ4v) is 1.20. The third kappa shape index (κ3) is 3.73. The van der Waals surface area contributed by atoms with E-state index in [1.807, 2.05) is 0 Å². The predicted molar refractivity (Wildman–Crippen MR) is 57.6 cm³/mol. The summed E-state index contributed by atoms with van der Waals surface area (Å²) in [5.74, 6) is 0.0859. The number of pyridine rings is 1. The molecule has 1 heterocycles. The Balaban J connectivity index is 2.94. The molecular weight excluding hydrogens is 241 g/mol. The molecule has 0 saturated carbocycles. The van der Waals surface area contributed by atoms with E-state index in [2.05, 4.69) is 16.9 Å². The standard InChI is InChI=1S/C10H10ClF3N2/c1-6(2)5-15-9-4-7(10(12,13)14)3-8(11)16-9/h3-4H,1,5H2,2H3,(H,15,16). The molecule has 2 nitrogen and oxygen atoms in total. The summed E-state index contributed by atoms with van der Waals surface area (Å²) in [6, 6.07) is 1.70. The van der Waals surface area contributed by atoms with E-state index >= 15 is 0 Å². The van der Waals surface area contributed by atoms with Gasteiger partial charge < -0.3 is 5.32 Å². The summed E-state index contributed by atoms with van der Waals surface area (Å²) < 4.78 is 37.2. The van der Waals surface area contributed by atoms with Crippen LogP contribution >= 0.6 is 11.6 Å². The maximum absolute atomic E-state index is 12.4. The Bertz CT molecular complexity index is 402. The van der Waals surface area contributed by atoms with Gasteiger partial charge in [0.05, 0.1) is 5.56 Å². The maximum atomic E-state index is 12.4. The van der Waals surface area contributed by atoms with Gasteiger partial charge in [0.2, 0.25) is 0 Å². The zero-order valence-corrected chi connectivity index (χ0v) is 9.28. The van der Waals surface area contributed by atoms with Gasteiger partial charge in [0.1, 0.15) is 11.0 Å². The molecule has 0 unspecified atom stereocenters. The van der Waals surface area contributed by atoms with Crippen LogP contribution in [0, 0.1) is 0 Å². The lowest BCUT2D eigenvalue weighted by molar-refractivity contribution is -0.137. The van der Waals surface area contributed by atoms with Crippen LogP contribution < -0.4 is 5.32 Å². The first kappa shape index (κ1) is 12.8. The molecule has 0 atom stereocenters. The van der Waals surface area contributed by atoms with Crippen molar-refractivity contribution in [1.82, 2.24) is 4.98 Å². The number of nitrogens with zero attached hydrogens (tertiary/aromatic N) is 1. The topological polar surface area (TPSA) is 24.9 Å². The summed E-state index contributed by atoms with van der Waals surface area (Å²) in [5, 5.41) is 2.51. The van der Waals surface area contributed by atoms with Crippen molar-refractivity contribution in [3.05, 3.63) is 35.0 Å². The van der Waals surface area contributed by atoms with E-state index in [1.165, 1.54) is 0 Å². The van der Waals surface area contributed by atoms with Gasteiger partial charge in [0.15, 0.2) is 0 Å². The zero-order chi connectivity index (χ0) is 12.3. The second-order valence-corrected chi connectivity index (χ2v) is 3.76. The molecule has 16 heavy (non-hydrogen) atoms. The van der Waals surface area contributed by atoms with Gasteiger partial charge >= 0.3 is 6.18 Å². The molecule has 0 radical (unpaired) electrons. The lowest BCUT2D eigenvalue weighted by Gasteiger charge is -2.10. The third-order valence-corrected chi connectivity index (χ3v) is 1.89. The molecule has 0 fully saturated rings. The van der Waals surface area contributed by atoms with Crippen molar-refractivity contribution in [3.63, 3.8) is 0 Å². The highest BCUT2D eigenvalue weighted by atomic mass is 35.5. The van der Waals surface area contributed by atoms with Crippen molar-refractivity contribution in [2.75, 3.05) is 11.9 Å². The van der Waals surface area contributed by atoms with E-state index in [0.717, 1.165) is 17.7 Å². The number of alkyl halides is 3. The van der Waals surface area contributed by atoms with Crippen LogP contribution in [0.2, 0.25) is 5.15 Å². The monoisotopic (exact) mass is 250 g/mol. The Morgan fingerprint density at radius 2 is 2.12 bits per heavy atom. The Morgan fingerprint density at radius 1 is 1.50 bits per heavy atom. The first-order chi connectivity index (χ1) is 7.29. The summed E-state index contributed by atoms with van der Waals surface area (Å²) in [6.45, 7) is 5.72. The first-order valence-corrected chi connectivity index (χ1v) is 4.80. The lowest BCUT2D eigenvalue weighted by atomic mass is 10.2. The number of hydrogen-bond acceptors (Lipinski definition) is 2. The van der Waals surface area contributed by atoms with E-state index < -0.39 is 11.7 Å². The molecule has 0 spiro atoms. The summed E-state index contributed by atoms with van der Waals surface area (Å²) >= 11 is 5.50. The van der Waals surface area contributed by atoms with Crippen LogP contribution in [0.1, 0.15) is 12.5 Å². The highest BCUT2D eigenvalue weighted by molar-refractivity contribution is 6.29. The lowest BCUT2D eigenvalue weighted by Crippen LogP contribution is -2.09. The summed E-state index contributed by atoms with van der Waals surface area (Å²) in [6.07, 6.45) is -4.42. The van der Waals surface area contributed by atoms with E-state index in [0.29, 0.717) is 6.54 Å². The Hall–Kier alpha value is -1.23. The molecule has 1 aromatic rings. The van der Waals surface area contributed by atoms with Crippen LogP contribution in [0.5, 0.6) is 0 Å². The molecule has 0 aliphatic rings. The second kappa shape index (κ2) is 4.74. The van der Waals surface area contributed by atoms with Crippen molar-refractivity contribution in [2.24, 2.45) is 0 Å². The van der Waals surface area contributed by atoms with Gasteiger partial charge in [-0.05, 0) is 19.1 Å². The normalized spacial score (nSPS) is 11.3. The predicted octanol–water partition coefficient (Wildman–Crippen LogP) is 3.74. The molecule has 1 rings (SSSR count). The van der Waals surface area contributed by atoms with Crippen molar-refractivity contribution in [1.29, 1.82) is 0 Å². The third-order valence-electron chi connectivity index (χ3n) is 1.69. The van der Waals surface area contributed by atoms with Crippen LogP contribution in [-0.2, 0) is 6.18 Å². The van der Waals surface area contributed by atoms with E-state index in [1.54, 1.807) is 6.92 Å². The molecule has 0 bridgehead atoms. The average molecular weight is 251 g/mol. The molecule has 88 valence electrons. The summed E-state index contributed by atoms with van der Waals surface area (Å²) in [4.78, 5) is 3.73. The summed E-state index contributed by atoms with van der Waals surface area (Å²) in [5.41, 5.74) is -0.0351. The molecule has 0 aliphatic heterocycles. The minimum atomic E-state index is -4.42. The molecule has 0 amide bonds. The van der Waals surface area contributed by atoms with E-state index in [-0.39, 0.29) is 11.0 Å². The van der Waals surface area contributed by atoms with E-state index in [4.69, 9.17) is 11.6 Å². The van der Waals surface area contributed by atoms with Crippen LogP contribution in [0.25, 0.3) is 0 Å². The SMILES string of the molecule is C=C(C)CNc1cc(C(F)(F)F)cc(Cl)n1. The molecular formula is C10H10ClF3N2. The van der Waals surface area contributed by atoms with Crippen molar-refractivity contribution in [2.45, 2.75) is 13.1 Å². The number of rotatable bonds is 3. The minimum Gasteiger partial charge on any atom is -0.366 e. The Labute approximate surface area is 96.1 Å². The molecule has 1 N–H and O–H groups in total. The summed E-state index contributed by atoms with van der Waals surface area (Å²) in [7, 11) is 0. The van der Waals surface area contributed by atoms with Crippen LogP contribution in [-0.4, -0.2) is 11.5 Å². The molecule has 0 aromatic carbocycles. The number of nitrogens with one attached hydrogen (secondary N) is 1. The number of hydrogen-bond donors (Lipinski definition) is 1. The molecule has 0 saturated heterocycles. The maximum Gasteiger partial charge on any atom is 0.416 e. The van der Waals surface area contributed by atoms with Gasteiger partial charge in [0, 0.05) is 6.54 Å². The van der Waals surface area contributed by atoms with E-state index in [9.17, 15) is 13.2 Å². The van der Waals surface area contributed by atoms with Crippen LogP contribution in [0.4, 0.5) is 19.0 Å². The molecule has 6 heteroatoms. The zero-order valence-electron chi connectivity index (χ0n) is 8.53. The molecule has 0 aliphatic carbocycles. The Kier molecular flexibility index (Phi) is 3.80. The first-order valence-electron chi connectivity index (χ1n) is 4.42. The van der Waals surface area contributed by atoms with Crippen LogP contribution in [0.15, 0.2) is 24.3 Å². The average Bonchev–Trinajstić information content (AvgIpc) is 2.12. The second-order valence-electron chi connectivity index (χ2n) is 3.37. The fourth-order valence-electron chi connectivity index (χ4n) is 0.993. The Morgan fingerprint density at radius 3 is 2.62 bits per heavy atom. The highest BCUT2D eigenvalue weighted by Crippen LogP contribution is 2.31. The van der Waals surface area contributed by atoms with Gasteiger partial charge in [0.25, 0.3) is 0 Å². The number of halogens is 4. The fraction of sp³-hybridized carbons (Fsp3) is 0.300. The van der Waals surface area contributed by atoms with Gasteiger partial charge in [-0.3, -0.25) is 0 Å². The number of aromatic nitrogens is 1. The van der Waals surface area contributed by atoms with Gasteiger partial charge in [-0.15, -0.1) is 0 Å².